The number of ether oxygens (including phenoxy) is 1. The minimum Gasteiger partial charge on any atom is -0.481 e. The van der Waals surface area contributed by atoms with E-state index in [1.165, 1.54) is 6.42 Å². The molecule has 1 aromatic carbocycles. The third-order valence-electron chi connectivity index (χ3n) is 4.88. The first-order valence-electron chi connectivity index (χ1n) is 7.62. The molecular formula is C17H22O4. The van der Waals surface area contributed by atoms with Gasteiger partial charge in [-0.05, 0) is 43.1 Å². The van der Waals surface area contributed by atoms with Gasteiger partial charge in [0.05, 0.1) is 24.7 Å². The Hall–Kier alpha value is -1.39. The van der Waals surface area contributed by atoms with E-state index in [2.05, 4.69) is 0 Å². The fourth-order valence-electron chi connectivity index (χ4n) is 3.72. The second-order valence-electron chi connectivity index (χ2n) is 6.61. The first-order valence-corrected chi connectivity index (χ1v) is 7.62. The van der Waals surface area contributed by atoms with E-state index < -0.39 is 17.5 Å². The predicted octanol–water partition coefficient (Wildman–Crippen LogP) is 2.46. The van der Waals surface area contributed by atoms with Crippen LogP contribution in [0.2, 0.25) is 0 Å². The lowest BCUT2D eigenvalue weighted by Crippen LogP contribution is -2.35. The molecule has 0 spiro atoms. The Bertz CT molecular complexity index is 489. The van der Waals surface area contributed by atoms with Gasteiger partial charge in [0, 0.05) is 0 Å². The summed E-state index contributed by atoms with van der Waals surface area (Å²) in [4.78, 5) is 11.6. The van der Waals surface area contributed by atoms with Gasteiger partial charge in [-0.25, -0.2) is 0 Å². The molecule has 2 saturated carbocycles. The van der Waals surface area contributed by atoms with Gasteiger partial charge in [-0.3, -0.25) is 4.79 Å². The fourth-order valence-corrected chi connectivity index (χ4v) is 3.72. The van der Waals surface area contributed by atoms with Crippen LogP contribution in [0.5, 0.6) is 0 Å². The van der Waals surface area contributed by atoms with Crippen molar-refractivity contribution >= 4 is 5.97 Å². The summed E-state index contributed by atoms with van der Waals surface area (Å²) in [6.07, 6.45) is 2.23. The number of aliphatic hydroxyl groups excluding tert-OH is 1. The van der Waals surface area contributed by atoms with Crippen molar-refractivity contribution in [2.75, 3.05) is 6.61 Å². The van der Waals surface area contributed by atoms with Crippen molar-refractivity contribution in [2.45, 2.75) is 38.4 Å². The number of benzene rings is 1. The summed E-state index contributed by atoms with van der Waals surface area (Å²) in [5, 5.41) is 19.6. The summed E-state index contributed by atoms with van der Waals surface area (Å²) in [5.74, 6) is 0.411. The Morgan fingerprint density at radius 2 is 1.95 bits per heavy atom. The molecule has 2 aliphatic rings. The molecule has 3 atom stereocenters. The van der Waals surface area contributed by atoms with E-state index in [-0.39, 0.29) is 6.61 Å². The SMILES string of the molecule is O=C(O)C1(CC(O)COCc2ccccc2)CC2CC2C1. The number of fused-ring (bicyclic) bond motifs is 1. The normalized spacial score (nSPS) is 31.7. The molecule has 21 heavy (non-hydrogen) atoms. The molecule has 0 heterocycles. The van der Waals surface area contributed by atoms with Gasteiger partial charge in [0.2, 0.25) is 0 Å². The molecule has 3 rings (SSSR count). The van der Waals surface area contributed by atoms with Gasteiger partial charge in [0.25, 0.3) is 0 Å². The topological polar surface area (TPSA) is 66.8 Å². The van der Waals surface area contributed by atoms with Gasteiger partial charge in [0.1, 0.15) is 0 Å². The van der Waals surface area contributed by atoms with E-state index in [1.54, 1.807) is 0 Å². The number of aliphatic carboxylic acids is 1. The third-order valence-corrected chi connectivity index (χ3v) is 4.88. The Kier molecular flexibility index (Phi) is 4.00. The number of carboxylic acid groups (broad SMARTS) is 1. The Morgan fingerprint density at radius 3 is 2.57 bits per heavy atom. The van der Waals surface area contributed by atoms with Gasteiger partial charge in [0.15, 0.2) is 0 Å². The standard InChI is InChI=1S/C17H22O4/c18-15(11-21-10-12-4-2-1-3-5-12)9-17(16(19)20)7-13-6-14(13)8-17/h1-5,13-15,18H,6-11H2,(H,19,20). The average molecular weight is 290 g/mol. The van der Waals surface area contributed by atoms with Crippen LogP contribution in [0.25, 0.3) is 0 Å². The summed E-state index contributed by atoms with van der Waals surface area (Å²) in [7, 11) is 0. The molecule has 0 saturated heterocycles. The number of hydrogen-bond donors (Lipinski definition) is 2. The Labute approximate surface area is 124 Å². The van der Waals surface area contributed by atoms with Gasteiger partial charge in [-0.2, -0.15) is 0 Å². The molecule has 0 bridgehead atoms. The van der Waals surface area contributed by atoms with Crippen molar-refractivity contribution in [2.24, 2.45) is 17.3 Å². The minimum atomic E-state index is -0.753. The zero-order valence-corrected chi connectivity index (χ0v) is 12.1. The van der Waals surface area contributed by atoms with Crippen molar-refractivity contribution in [3.63, 3.8) is 0 Å². The van der Waals surface area contributed by atoms with Gasteiger partial charge in [-0.15, -0.1) is 0 Å². The number of hydrogen-bond acceptors (Lipinski definition) is 3. The lowest BCUT2D eigenvalue weighted by atomic mass is 9.78. The minimum absolute atomic E-state index is 0.194. The highest BCUT2D eigenvalue weighted by atomic mass is 16.5. The Morgan fingerprint density at radius 1 is 1.29 bits per heavy atom. The zero-order valence-electron chi connectivity index (χ0n) is 12.1. The van der Waals surface area contributed by atoms with Crippen molar-refractivity contribution in [3.05, 3.63) is 35.9 Å². The van der Waals surface area contributed by atoms with Crippen LogP contribution in [-0.2, 0) is 16.1 Å². The molecule has 3 unspecified atom stereocenters. The van der Waals surface area contributed by atoms with Crippen LogP contribution < -0.4 is 0 Å². The van der Waals surface area contributed by atoms with Crippen LogP contribution >= 0.6 is 0 Å². The van der Waals surface area contributed by atoms with Crippen molar-refractivity contribution < 1.29 is 19.7 Å². The summed E-state index contributed by atoms with van der Waals surface area (Å²) < 4.78 is 5.51. The molecule has 0 aromatic heterocycles. The van der Waals surface area contributed by atoms with Gasteiger partial charge in [-0.1, -0.05) is 30.3 Å². The number of aliphatic hydroxyl groups is 1. The molecule has 0 radical (unpaired) electrons. The van der Waals surface area contributed by atoms with Gasteiger partial charge >= 0.3 is 5.97 Å². The lowest BCUT2D eigenvalue weighted by Gasteiger charge is -2.28. The van der Waals surface area contributed by atoms with Crippen molar-refractivity contribution in [3.8, 4) is 0 Å². The summed E-state index contributed by atoms with van der Waals surface area (Å²) in [6, 6.07) is 9.77. The van der Waals surface area contributed by atoms with Crippen LogP contribution in [0.4, 0.5) is 0 Å². The quantitative estimate of drug-likeness (QED) is 0.809. The molecule has 1 aromatic rings. The van der Waals surface area contributed by atoms with Gasteiger partial charge < -0.3 is 14.9 Å². The van der Waals surface area contributed by atoms with Crippen LogP contribution in [0.3, 0.4) is 0 Å². The van der Waals surface area contributed by atoms with Crippen LogP contribution in [-0.4, -0.2) is 28.9 Å². The van der Waals surface area contributed by atoms with Crippen LogP contribution in [0.1, 0.15) is 31.2 Å². The maximum atomic E-state index is 11.6. The maximum absolute atomic E-state index is 11.6. The molecule has 114 valence electrons. The maximum Gasteiger partial charge on any atom is 0.309 e. The van der Waals surface area contributed by atoms with E-state index in [0.717, 1.165) is 18.4 Å². The number of carbonyl (C=O) groups is 1. The number of rotatable bonds is 7. The summed E-state index contributed by atoms with van der Waals surface area (Å²) in [5.41, 5.74) is 0.336. The van der Waals surface area contributed by atoms with E-state index in [1.807, 2.05) is 30.3 Å². The number of carboxylic acids is 1. The smallest absolute Gasteiger partial charge is 0.309 e. The van der Waals surface area contributed by atoms with Crippen molar-refractivity contribution in [1.29, 1.82) is 0 Å². The molecule has 2 fully saturated rings. The fraction of sp³-hybridized carbons (Fsp3) is 0.588. The highest BCUT2D eigenvalue weighted by molar-refractivity contribution is 5.75. The highest BCUT2D eigenvalue weighted by Gasteiger charge is 2.57. The van der Waals surface area contributed by atoms with Crippen LogP contribution in [0, 0.1) is 17.3 Å². The molecule has 4 nitrogen and oxygen atoms in total. The average Bonchev–Trinajstić information content (AvgIpc) is 3.07. The molecule has 2 aliphatic carbocycles. The Balaban J connectivity index is 1.47. The highest BCUT2D eigenvalue weighted by Crippen LogP contribution is 2.61. The molecular weight excluding hydrogens is 268 g/mol. The molecule has 0 amide bonds. The first-order chi connectivity index (χ1) is 10.1. The van der Waals surface area contributed by atoms with E-state index >= 15 is 0 Å². The monoisotopic (exact) mass is 290 g/mol. The second-order valence-corrected chi connectivity index (χ2v) is 6.61. The molecule has 2 N–H and O–H groups in total. The van der Waals surface area contributed by atoms with E-state index in [9.17, 15) is 15.0 Å². The van der Waals surface area contributed by atoms with E-state index in [0.29, 0.717) is 24.9 Å². The van der Waals surface area contributed by atoms with Crippen LogP contribution in [0.15, 0.2) is 30.3 Å². The zero-order chi connectivity index (χ0) is 14.9. The van der Waals surface area contributed by atoms with E-state index in [4.69, 9.17) is 4.74 Å². The largest absolute Gasteiger partial charge is 0.481 e. The summed E-state index contributed by atoms with van der Waals surface area (Å²) >= 11 is 0. The second kappa shape index (κ2) is 5.78. The predicted molar refractivity (Wildman–Crippen MR) is 77.6 cm³/mol. The molecule has 0 aliphatic heterocycles. The van der Waals surface area contributed by atoms with Crippen molar-refractivity contribution in [1.82, 2.24) is 0 Å². The molecule has 4 heteroatoms. The summed E-state index contributed by atoms with van der Waals surface area (Å²) in [6.45, 7) is 0.641. The first kappa shape index (κ1) is 14.5. The lowest BCUT2D eigenvalue weighted by molar-refractivity contribution is -0.152. The third kappa shape index (κ3) is 3.27.